The lowest BCUT2D eigenvalue weighted by Crippen LogP contribution is -2.09. The fraction of sp³-hybridized carbons (Fsp3) is 0.273. The average Bonchev–Trinajstić information content (AvgIpc) is 2.27. The lowest BCUT2D eigenvalue weighted by Gasteiger charge is -2.11. The van der Waals surface area contributed by atoms with Crippen molar-refractivity contribution in [2.75, 3.05) is 6.61 Å². The van der Waals surface area contributed by atoms with Gasteiger partial charge in [-0.05, 0) is 30.8 Å². The molecule has 0 aliphatic heterocycles. The Balaban J connectivity index is 3.31. The molecule has 0 saturated heterocycles. The molecule has 0 spiro atoms. The maximum atomic E-state index is 12.3. The lowest BCUT2D eigenvalue weighted by molar-refractivity contribution is -0.0328. The summed E-state index contributed by atoms with van der Waals surface area (Å²) in [6.07, 6.45) is 0. The number of phenols is 1. The summed E-state index contributed by atoms with van der Waals surface area (Å²) in [6.45, 7) is 1.48. The number of phenolic OH excluding ortho intramolecular Hbond substituents is 1. The number of halogens is 3. The molecule has 0 fully saturated rings. The first-order valence-corrected chi connectivity index (χ1v) is 5.80. The predicted molar refractivity (Wildman–Crippen MR) is 60.7 cm³/mol. The number of hydrogen-bond donors (Lipinski definition) is 1. The van der Waals surface area contributed by atoms with Gasteiger partial charge in [0.15, 0.2) is 0 Å². The van der Waals surface area contributed by atoms with E-state index in [-0.39, 0.29) is 12.2 Å². The van der Waals surface area contributed by atoms with Crippen LogP contribution in [0.5, 0.6) is 5.75 Å². The zero-order valence-electron chi connectivity index (χ0n) is 9.61. The van der Waals surface area contributed by atoms with Gasteiger partial charge in [-0.3, -0.25) is 0 Å². The third-order valence-electron chi connectivity index (χ3n) is 1.94. The van der Waals surface area contributed by atoms with Gasteiger partial charge in [0.2, 0.25) is 0 Å². The fourth-order valence-electron chi connectivity index (χ4n) is 1.24. The first-order valence-electron chi connectivity index (χ1n) is 4.98. The van der Waals surface area contributed by atoms with E-state index in [2.05, 4.69) is 4.74 Å². The normalized spacial score (nSPS) is 10.9. The van der Waals surface area contributed by atoms with E-state index < -0.39 is 39.4 Å². The van der Waals surface area contributed by atoms with Crippen LogP contribution >= 0.6 is 11.8 Å². The zero-order valence-corrected chi connectivity index (χ0v) is 10.4. The Bertz CT molecular complexity index is 537. The summed E-state index contributed by atoms with van der Waals surface area (Å²) in [5.74, 6) is -1.60. The number of carbonyl (C=O) groups excluding carboxylic acids is 1. The van der Waals surface area contributed by atoms with Crippen molar-refractivity contribution in [2.45, 2.75) is 17.3 Å². The van der Waals surface area contributed by atoms with Gasteiger partial charge in [0, 0.05) is 4.90 Å². The standard InChI is InChI=1S/C11H8F3NO3S/c1-2-18-10(17)7-3-6(5-15)8(16)4-9(7)19-11(12,13)14/h3-4,16H,2H2,1H3. The molecule has 102 valence electrons. The van der Waals surface area contributed by atoms with Crippen LogP contribution in [0.2, 0.25) is 0 Å². The second kappa shape index (κ2) is 5.84. The van der Waals surface area contributed by atoms with Gasteiger partial charge in [0.05, 0.1) is 17.7 Å². The lowest BCUT2D eigenvalue weighted by atomic mass is 10.1. The Morgan fingerprint density at radius 3 is 2.63 bits per heavy atom. The van der Waals surface area contributed by atoms with Crippen molar-refractivity contribution in [1.82, 2.24) is 0 Å². The van der Waals surface area contributed by atoms with Gasteiger partial charge in [-0.15, -0.1) is 0 Å². The quantitative estimate of drug-likeness (QED) is 0.684. The Labute approximate surface area is 110 Å². The number of aromatic hydroxyl groups is 1. The van der Waals surface area contributed by atoms with E-state index in [0.717, 1.165) is 12.1 Å². The van der Waals surface area contributed by atoms with Gasteiger partial charge in [-0.2, -0.15) is 18.4 Å². The van der Waals surface area contributed by atoms with E-state index in [4.69, 9.17) is 5.26 Å². The molecule has 0 atom stereocenters. The number of alkyl halides is 3. The number of hydrogen-bond acceptors (Lipinski definition) is 5. The molecule has 0 aliphatic carbocycles. The highest BCUT2D eigenvalue weighted by molar-refractivity contribution is 8.00. The molecule has 4 nitrogen and oxygen atoms in total. The molecule has 1 aromatic carbocycles. The van der Waals surface area contributed by atoms with Gasteiger partial charge < -0.3 is 9.84 Å². The van der Waals surface area contributed by atoms with Crippen LogP contribution in [0, 0.1) is 11.3 Å². The third-order valence-corrected chi connectivity index (χ3v) is 2.73. The highest BCUT2D eigenvalue weighted by atomic mass is 32.2. The van der Waals surface area contributed by atoms with Crippen molar-refractivity contribution >= 4 is 17.7 Å². The highest BCUT2D eigenvalue weighted by Crippen LogP contribution is 2.40. The molecule has 0 heterocycles. The number of benzene rings is 1. The number of rotatable bonds is 3. The first-order chi connectivity index (χ1) is 8.78. The molecule has 8 heteroatoms. The third kappa shape index (κ3) is 4.06. The minimum absolute atomic E-state index is 0.0161. The van der Waals surface area contributed by atoms with Crippen LogP contribution < -0.4 is 0 Å². The molecule has 1 aromatic rings. The number of ether oxygens (including phenoxy) is 1. The van der Waals surface area contributed by atoms with E-state index in [9.17, 15) is 23.1 Å². The van der Waals surface area contributed by atoms with Crippen molar-refractivity contribution in [3.05, 3.63) is 23.3 Å². The van der Waals surface area contributed by atoms with Crippen LogP contribution in [0.3, 0.4) is 0 Å². The van der Waals surface area contributed by atoms with Gasteiger partial charge in [0.1, 0.15) is 11.8 Å². The summed E-state index contributed by atoms with van der Waals surface area (Å²) < 4.78 is 41.7. The fourth-order valence-corrected chi connectivity index (χ4v) is 1.91. The summed E-state index contributed by atoms with van der Waals surface area (Å²) in [5, 5.41) is 18.1. The molecule has 0 bridgehead atoms. The molecule has 0 aliphatic rings. The first kappa shape index (κ1) is 15.2. The minimum Gasteiger partial charge on any atom is -0.507 e. The molecule has 1 N–H and O–H groups in total. The minimum atomic E-state index is -4.62. The van der Waals surface area contributed by atoms with Crippen LogP contribution in [-0.2, 0) is 4.74 Å². The summed E-state index contributed by atoms with van der Waals surface area (Å²) in [6, 6.07) is 3.18. The molecule has 0 radical (unpaired) electrons. The van der Waals surface area contributed by atoms with Gasteiger partial charge in [0.25, 0.3) is 0 Å². The maximum absolute atomic E-state index is 12.3. The van der Waals surface area contributed by atoms with Crippen molar-refractivity contribution in [3.63, 3.8) is 0 Å². The topological polar surface area (TPSA) is 70.3 Å². The summed E-state index contributed by atoms with van der Waals surface area (Å²) in [5.41, 5.74) is -5.32. The number of thioether (sulfide) groups is 1. The predicted octanol–water partition coefficient (Wildman–Crippen LogP) is 3.05. The monoisotopic (exact) mass is 291 g/mol. The number of esters is 1. The van der Waals surface area contributed by atoms with E-state index in [1.807, 2.05) is 0 Å². The van der Waals surface area contributed by atoms with Crippen LogP contribution in [0.25, 0.3) is 0 Å². The van der Waals surface area contributed by atoms with E-state index in [1.54, 1.807) is 6.07 Å². The Morgan fingerprint density at radius 1 is 1.53 bits per heavy atom. The zero-order chi connectivity index (χ0) is 14.6. The SMILES string of the molecule is CCOC(=O)c1cc(C#N)c(O)cc1SC(F)(F)F. The average molecular weight is 291 g/mol. The van der Waals surface area contributed by atoms with Crippen molar-refractivity contribution in [1.29, 1.82) is 5.26 Å². The Hall–Kier alpha value is -1.88. The molecular formula is C11H8F3NO3S. The van der Waals surface area contributed by atoms with E-state index in [0.29, 0.717) is 0 Å². The van der Waals surface area contributed by atoms with Crippen LogP contribution in [-0.4, -0.2) is 23.2 Å². The van der Waals surface area contributed by atoms with Crippen LogP contribution in [0.4, 0.5) is 13.2 Å². The largest absolute Gasteiger partial charge is 0.507 e. The summed E-state index contributed by atoms with van der Waals surface area (Å²) in [7, 11) is 0. The van der Waals surface area contributed by atoms with Gasteiger partial charge in [-0.1, -0.05) is 0 Å². The highest BCUT2D eigenvalue weighted by Gasteiger charge is 2.32. The number of nitrogens with zero attached hydrogens (tertiary/aromatic N) is 1. The number of carbonyl (C=O) groups is 1. The van der Waals surface area contributed by atoms with Crippen molar-refractivity contribution in [2.24, 2.45) is 0 Å². The van der Waals surface area contributed by atoms with E-state index in [1.165, 1.54) is 6.92 Å². The molecule has 0 amide bonds. The molecule has 0 aromatic heterocycles. The second-order valence-electron chi connectivity index (χ2n) is 3.25. The molecule has 19 heavy (non-hydrogen) atoms. The second-order valence-corrected chi connectivity index (χ2v) is 4.35. The van der Waals surface area contributed by atoms with Crippen molar-refractivity contribution < 1.29 is 27.8 Å². The van der Waals surface area contributed by atoms with Crippen molar-refractivity contribution in [3.8, 4) is 11.8 Å². The molecular weight excluding hydrogens is 283 g/mol. The summed E-state index contributed by atoms with van der Waals surface area (Å²) in [4.78, 5) is 11.0. The smallest absolute Gasteiger partial charge is 0.446 e. The Morgan fingerprint density at radius 2 is 2.16 bits per heavy atom. The molecule has 1 rings (SSSR count). The van der Waals surface area contributed by atoms with Gasteiger partial charge in [-0.25, -0.2) is 4.79 Å². The molecule has 0 unspecified atom stereocenters. The molecule has 0 saturated carbocycles. The van der Waals surface area contributed by atoms with Gasteiger partial charge >= 0.3 is 11.5 Å². The van der Waals surface area contributed by atoms with Crippen LogP contribution in [0.15, 0.2) is 17.0 Å². The summed E-state index contributed by atoms with van der Waals surface area (Å²) >= 11 is -0.555. The van der Waals surface area contributed by atoms with E-state index >= 15 is 0 Å². The Kier molecular flexibility index (Phi) is 4.67. The van der Waals surface area contributed by atoms with Crippen LogP contribution in [0.1, 0.15) is 22.8 Å². The number of nitriles is 1. The maximum Gasteiger partial charge on any atom is 0.446 e.